The van der Waals surface area contributed by atoms with Crippen LogP contribution in [0.2, 0.25) is 0 Å². The van der Waals surface area contributed by atoms with Crippen molar-refractivity contribution < 1.29 is 4.74 Å². The molecule has 2 aliphatic rings. The molecule has 0 aromatic rings. The summed E-state index contributed by atoms with van der Waals surface area (Å²) >= 11 is 0. The first-order chi connectivity index (χ1) is 9.23. The Hall–Kier alpha value is -0.460. The van der Waals surface area contributed by atoms with Gasteiger partial charge in [0.25, 0.3) is 0 Å². The molecule has 1 aliphatic carbocycles. The monoisotopic (exact) mass is 264 g/mol. The van der Waals surface area contributed by atoms with Gasteiger partial charge in [-0.05, 0) is 51.0 Å². The molecule has 0 bridgehead atoms. The van der Waals surface area contributed by atoms with Gasteiger partial charge in [0.05, 0.1) is 5.76 Å². The van der Waals surface area contributed by atoms with Gasteiger partial charge >= 0.3 is 0 Å². The van der Waals surface area contributed by atoms with Crippen molar-refractivity contribution in [3.05, 3.63) is 11.3 Å². The lowest BCUT2D eigenvalue weighted by atomic mass is 9.87. The summed E-state index contributed by atoms with van der Waals surface area (Å²) in [5.41, 5.74) is 1.78. The number of rotatable bonds is 1. The number of ether oxygens (including phenoxy) is 1. The highest BCUT2D eigenvalue weighted by Crippen LogP contribution is 2.38. The van der Waals surface area contributed by atoms with Crippen molar-refractivity contribution in [1.29, 1.82) is 0 Å². The highest BCUT2D eigenvalue weighted by atomic mass is 16.5. The zero-order chi connectivity index (χ0) is 13.6. The van der Waals surface area contributed by atoms with Crippen molar-refractivity contribution in [2.24, 2.45) is 0 Å². The number of allylic oxidation sites excluding steroid dienone is 2. The molecule has 2 rings (SSSR count). The Morgan fingerprint density at radius 3 is 2.05 bits per heavy atom. The molecule has 0 amide bonds. The van der Waals surface area contributed by atoms with Crippen LogP contribution < -0.4 is 0 Å². The van der Waals surface area contributed by atoms with Crippen LogP contribution in [0.3, 0.4) is 0 Å². The molecule has 0 aromatic heterocycles. The molecular weight excluding hydrogens is 232 g/mol. The van der Waals surface area contributed by atoms with E-state index in [9.17, 15) is 0 Å². The van der Waals surface area contributed by atoms with Crippen LogP contribution in [-0.4, -0.2) is 5.60 Å². The van der Waals surface area contributed by atoms with Crippen molar-refractivity contribution in [2.75, 3.05) is 0 Å². The van der Waals surface area contributed by atoms with Crippen LogP contribution in [0, 0.1) is 0 Å². The second-order valence-corrected chi connectivity index (χ2v) is 6.76. The minimum absolute atomic E-state index is 0.121. The van der Waals surface area contributed by atoms with Crippen LogP contribution in [-0.2, 0) is 4.74 Å². The van der Waals surface area contributed by atoms with Gasteiger partial charge in [-0.3, -0.25) is 0 Å². The second-order valence-electron chi connectivity index (χ2n) is 6.76. The molecule has 1 heteroatoms. The lowest BCUT2D eigenvalue weighted by molar-refractivity contribution is -0.0126. The average Bonchev–Trinajstić information content (AvgIpc) is 2.41. The van der Waals surface area contributed by atoms with E-state index in [1.807, 2.05) is 0 Å². The Morgan fingerprint density at radius 2 is 1.42 bits per heavy atom. The van der Waals surface area contributed by atoms with Gasteiger partial charge in [0, 0.05) is 6.42 Å². The van der Waals surface area contributed by atoms with Gasteiger partial charge in [-0.25, -0.2) is 0 Å². The minimum atomic E-state index is 0.121. The van der Waals surface area contributed by atoms with Crippen LogP contribution >= 0.6 is 0 Å². The molecule has 1 unspecified atom stereocenters. The van der Waals surface area contributed by atoms with Gasteiger partial charge in [-0.15, -0.1) is 0 Å². The van der Waals surface area contributed by atoms with Crippen molar-refractivity contribution in [2.45, 2.75) is 103 Å². The number of hydrogen-bond acceptors (Lipinski definition) is 1. The van der Waals surface area contributed by atoms with E-state index in [1.165, 1.54) is 82.8 Å². The van der Waals surface area contributed by atoms with Crippen LogP contribution in [0.5, 0.6) is 0 Å². The average molecular weight is 264 g/mol. The highest BCUT2D eigenvalue weighted by molar-refractivity contribution is 5.14. The first kappa shape index (κ1) is 14.9. The molecular formula is C18H32O. The molecule has 0 fully saturated rings. The fourth-order valence-electron chi connectivity index (χ4n) is 3.40. The molecule has 1 heterocycles. The van der Waals surface area contributed by atoms with Crippen molar-refractivity contribution in [3.63, 3.8) is 0 Å². The standard InChI is InChI=1S/C18H32O/c1-3-18(2)15-14-16-12-10-8-6-4-5-7-9-11-13-17(16)19-18/h3-15H2,1-2H3. The van der Waals surface area contributed by atoms with Crippen LogP contribution in [0.1, 0.15) is 97.3 Å². The molecule has 0 saturated carbocycles. The van der Waals surface area contributed by atoms with E-state index < -0.39 is 0 Å². The van der Waals surface area contributed by atoms with E-state index in [2.05, 4.69) is 13.8 Å². The zero-order valence-corrected chi connectivity index (χ0v) is 13.1. The van der Waals surface area contributed by atoms with E-state index in [4.69, 9.17) is 4.74 Å². The Labute approximate surface area is 119 Å². The third-order valence-corrected chi connectivity index (χ3v) is 5.10. The second kappa shape index (κ2) is 7.36. The summed E-state index contributed by atoms with van der Waals surface area (Å²) in [4.78, 5) is 0. The molecule has 1 aliphatic heterocycles. The normalized spacial score (nSPS) is 30.8. The van der Waals surface area contributed by atoms with Gasteiger partial charge in [0.15, 0.2) is 0 Å². The SMILES string of the molecule is CCC1(C)CCC2=C(CCCCCCCCCC2)O1. The maximum atomic E-state index is 6.41. The lowest BCUT2D eigenvalue weighted by Gasteiger charge is -2.37. The summed E-state index contributed by atoms with van der Waals surface area (Å²) in [6.07, 6.45) is 17.4. The third kappa shape index (κ3) is 4.54. The van der Waals surface area contributed by atoms with E-state index in [0.717, 1.165) is 6.42 Å². The summed E-state index contributed by atoms with van der Waals surface area (Å²) in [6.45, 7) is 4.56. The first-order valence-corrected chi connectivity index (χ1v) is 8.63. The summed E-state index contributed by atoms with van der Waals surface area (Å²) in [7, 11) is 0. The highest BCUT2D eigenvalue weighted by Gasteiger charge is 2.30. The predicted octanol–water partition coefficient (Wildman–Crippen LogP) is 6.13. The number of hydrogen-bond donors (Lipinski definition) is 0. The fraction of sp³-hybridized carbons (Fsp3) is 0.889. The minimum Gasteiger partial charge on any atom is -0.492 e. The summed E-state index contributed by atoms with van der Waals surface area (Å²) in [6, 6.07) is 0. The Morgan fingerprint density at radius 1 is 0.842 bits per heavy atom. The topological polar surface area (TPSA) is 9.23 Å². The quantitative estimate of drug-likeness (QED) is 0.553. The smallest absolute Gasteiger partial charge is 0.106 e. The lowest BCUT2D eigenvalue weighted by Crippen LogP contribution is -2.31. The van der Waals surface area contributed by atoms with E-state index in [-0.39, 0.29) is 5.60 Å². The van der Waals surface area contributed by atoms with Crippen molar-refractivity contribution >= 4 is 0 Å². The van der Waals surface area contributed by atoms with Gasteiger partial charge in [0.2, 0.25) is 0 Å². The van der Waals surface area contributed by atoms with Gasteiger partial charge in [0.1, 0.15) is 5.60 Å². The van der Waals surface area contributed by atoms with E-state index >= 15 is 0 Å². The van der Waals surface area contributed by atoms with Crippen molar-refractivity contribution in [1.82, 2.24) is 0 Å². The summed E-state index contributed by atoms with van der Waals surface area (Å²) in [5.74, 6) is 1.39. The van der Waals surface area contributed by atoms with Crippen LogP contribution in [0.4, 0.5) is 0 Å². The molecule has 1 nitrogen and oxygen atoms in total. The van der Waals surface area contributed by atoms with Crippen LogP contribution in [0.25, 0.3) is 0 Å². The van der Waals surface area contributed by atoms with Gasteiger partial charge in [-0.1, -0.05) is 45.4 Å². The molecule has 0 N–H and O–H groups in total. The maximum absolute atomic E-state index is 6.41. The van der Waals surface area contributed by atoms with Gasteiger partial charge < -0.3 is 4.74 Å². The molecule has 0 spiro atoms. The Balaban J connectivity index is 2.01. The van der Waals surface area contributed by atoms with Crippen LogP contribution in [0.15, 0.2) is 11.3 Å². The predicted molar refractivity (Wildman–Crippen MR) is 82.2 cm³/mol. The fourth-order valence-corrected chi connectivity index (χ4v) is 3.40. The maximum Gasteiger partial charge on any atom is 0.106 e. The Bertz CT molecular complexity index is 305. The summed E-state index contributed by atoms with van der Waals surface area (Å²) in [5, 5.41) is 0. The summed E-state index contributed by atoms with van der Waals surface area (Å²) < 4.78 is 6.41. The molecule has 110 valence electrons. The molecule has 1 atom stereocenters. The van der Waals surface area contributed by atoms with Gasteiger partial charge in [-0.2, -0.15) is 0 Å². The third-order valence-electron chi connectivity index (χ3n) is 5.10. The molecule has 19 heavy (non-hydrogen) atoms. The first-order valence-electron chi connectivity index (χ1n) is 8.63. The largest absolute Gasteiger partial charge is 0.492 e. The van der Waals surface area contributed by atoms with E-state index in [0.29, 0.717) is 0 Å². The molecule has 0 aromatic carbocycles. The molecule has 0 saturated heterocycles. The Kier molecular flexibility index (Phi) is 5.78. The van der Waals surface area contributed by atoms with Crippen molar-refractivity contribution in [3.8, 4) is 0 Å². The van der Waals surface area contributed by atoms with E-state index in [1.54, 1.807) is 5.57 Å². The molecule has 0 radical (unpaired) electrons. The zero-order valence-electron chi connectivity index (χ0n) is 13.1.